The zero-order valence-electron chi connectivity index (χ0n) is 13.4. The molecule has 2 aliphatic rings. The highest BCUT2D eigenvalue weighted by atomic mass is 32.2. The number of hydrogen-bond donors (Lipinski definition) is 2. The molecule has 5 nitrogen and oxygen atoms in total. The van der Waals surface area contributed by atoms with Crippen LogP contribution in [0.15, 0.2) is 29.2 Å². The van der Waals surface area contributed by atoms with Gasteiger partial charge in [0.25, 0.3) is 5.91 Å². The third-order valence-corrected chi connectivity index (χ3v) is 6.35. The number of carbonyl (C=O) groups excluding carboxylic acids is 1. The van der Waals surface area contributed by atoms with Crippen molar-refractivity contribution in [3.8, 4) is 0 Å². The number of sulfone groups is 1. The van der Waals surface area contributed by atoms with E-state index in [9.17, 15) is 13.2 Å². The highest BCUT2D eigenvalue weighted by Crippen LogP contribution is 2.39. The van der Waals surface area contributed by atoms with Gasteiger partial charge in [-0.15, -0.1) is 0 Å². The van der Waals surface area contributed by atoms with Gasteiger partial charge in [0.15, 0.2) is 9.84 Å². The van der Waals surface area contributed by atoms with E-state index in [1.165, 1.54) is 18.6 Å². The molecule has 2 bridgehead atoms. The number of nitrogens with two attached hydrogens (primary N) is 1. The van der Waals surface area contributed by atoms with Crippen LogP contribution in [0.4, 0.5) is 0 Å². The lowest BCUT2D eigenvalue weighted by Crippen LogP contribution is -2.53. The summed E-state index contributed by atoms with van der Waals surface area (Å²) in [5, 5.41) is 3.17. The van der Waals surface area contributed by atoms with Crippen LogP contribution in [-0.2, 0) is 9.84 Å². The minimum absolute atomic E-state index is 0.123. The van der Waals surface area contributed by atoms with Crippen molar-refractivity contribution in [2.24, 2.45) is 17.6 Å². The normalized spacial score (nSPS) is 30.7. The molecule has 2 unspecified atom stereocenters. The van der Waals surface area contributed by atoms with E-state index in [0.717, 1.165) is 31.9 Å². The van der Waals surface area contributed by atoms with Gasteiger partial charge in [-0.3, -0.25) is 4.79 Å². The Kier molecular flexibility index (Phi) is 4.47. The van der Waals surface area contributed by atoms with Crippen LogP contribution in [0.25, 0.3) is 0 Å². The van der Waals surface area contributed by atoms with E-state index in [2.05, 4.69) is 5.32 Å². The molecule has 0 saturated heterocycles. The molecule has 3 N–H and O–H groups in total. The maximum atomic E-state index is 12.5. The molecule has 2 saturated carbocycles. The van der Waals surface area contributed by atoms with E-state index in [1.807, 2.05) is 0 Å². The van der Waals surface area contributed by atoms with Crippen molar-refractivity contribution in [1.29, 1.82) is 0 Å². The van der Waals surface area contributed by atoms with E-state index in [1.54, 1.807) is 12.1 Å². The van der Waals surface area contributed by atoms with Crippen molar-refractivity contribution in [3.63, 3.8) is 0 Å². The summed E-state index contributed by atoms with van der Waals surface area (Å²) in [7, 11) is -3.24. The van der Waals surface area contributed by atoms with Crippen LogP contribution in [-0.4, -0.2) is 32.7 Å². The maximum absolute atomic E-state index is 12.5. The fraction of sp³-hybridized carbons (Fsp3) is 0.588. The third-order valence-electron chi connectivity index (χ3n) is 5.22. The van der Waals surface area contributed by atoms with Gasteiger partial charge in [0.05, 0.1) is 4.90 Å². The van der Waals surface area contributed by atoms with Crippen LogP contribution in [0.5, 0.6) is 0 Å². The molecule has 0 radical (unpaired) electrons. The molecule has 3 rings (SSSR count). The molecule has 2 fully saturated rings. The predicted molar refractivity (Wildman–Crippen MR) is 88.8 cm³/mol. The Morgan fingerprint density at radius 2 is 1.70 bits per heavy atom. The molecule has 1 aromatic carbocycles. The number of rotatable bonds is 3. The Balaban J connectivity index is 1.72. The lowest BCUT2D eigenvalue weighted by atomic mass is 9.67. The van der Waals surface area contributed by atoms with Crippen molar-refractivity contribution in [1.82, 2.24) is 5.32 Å². The van der Waals surface area contributed by atoms with Gasteiger partial charge in [0, 0.05) is 23.9 Å². The average molecular weight is 336 g/mol. The number of benzene rings is 1. The first-order chi connectivity index (χ1) is 10.8. The number of carbonyl (C=O) groups is 1. The molecule has 0 spiro atoms. The maximum Gasteiger partial charge on any atom is 0.251 e. The summed E-state index contributed by atoms with van der Waals surface area (Å²) in [4.78, 5) is 12.7. The Hall–Kier alpha value is -1.40. The van der Waals surface area contributed by atoms with Crippen LogP contribution in [0.1, 0.15) is 42.5 Å². The largest absolute Gasteiger partial charge is 0.349 e. The van der Waals surface area contributed by atoms with Gasteiger partial charge >= 0.3 is 0 Å². The van der Waals surface area contributed by atoms with Gasteiger partial charge in [0.2, 0.25) is 0 Å². The predicted octanol–water partition coefficient (Wildman–Crippen LogP) is 1.73. The monoisotopic (exact) mass is 336 g/mol. The third kappa shape index (κ3) is 3.58. The van der Waals surface area contributed by atoms with Crippen LogP contribution in [0.2, 0.25) is 0 Å². The summed E-state index contributed by atoms with van der Waals surface area (Å²) in [6.07, 6.45) is 6.60. The SMILES string of the molecule is CS(=O)(=O)c1ccc(C(=O)NC2C3CCCC2CC(N)C3)cc1. The Morgan fingerprint density at radius 3 is 2.22 bits per heavy atom. The summed E-state index contributed by atoms with van der Waals surface area (Å²) < 4.78 is 23.0. The molecule has 0 aromatic heterocycles. The Bertz CT molecular complexity index is 670. The van der Waals surface area contributed by atoms with Crippen LogP contribution >= 0.6 is 0 Å². The minimum atomic E-state index is -3.24. The Labute approximate surface area is 137 Å². The first-order valence-corrected chi connectivity index (χ1v) is 10.1. The second-order valence-corrected chi connectivity index (χ2v) is 8.99. The highest BCUT2D eigenvalue weighted by Gasteiger charge is 2.39. The fourth-order valence-electron chi connectivity index (χ4n) is 4.11. The summed E-state index contributed by atoms with van der Waals surface area (Å²) in [6, 6.07) is 6.59. The quantitative estimate of drug-likeness (QED) is 0.879. The average Bonchev–Trinajstić information content (AvgIpc) is 2.47. The number of nitrogens with one attached hydrogen (secondary N) is 1. The molecule has 1 aromatic rings. The molecule has 0 heterocycles. The summed E-state index contributed by atoms with van der Waals surface area (Å²) in [5.74, 6) is 0.816. The summed E-state index contributed by atoms with van der Waals surface area (Å²) in [6.45, 7) is 0. The van der Waals surface area contributed by atoms with E-state index in [-0.39, 0.29) is 22.9 Å². The molecule has 23 heavy (non-hydrogen) atoms. The lowest BCUT2D eigenvalue weighted by Gasteiger charge is -2.45. The van der Waals surface area contributed by atoms with E-state index < -0.39 is 9.84 Å². The van der Waals surface area contributed by atoms with Gasteiger partial charge in [-0.1, -0.05) is 6.42 Å². The molecule has 2 atom stereocenters. The lowest BCUT2D eigenvalue weighted by molar-refractivity contribution is 0.0756. The molecule has 0 aliphatic heterocycles. The first kappa shape index (κ1) is 16.5. The minimum Gasteiger partial charge on any atom is -0.349 e. The zero-order valence-corrected chi connectivity index (χ0v) is 14.2. The van der Waals surface area contributed by atoms with Crippen molar-refractivity contribution in [2.45, 2.75) is 49.1 Å². The number of amides is 1. The van der Waals surface area contributed by atoms with Crippen LogP contribution in [0, 0.1) is 11.8 Å². The van der Waals surface area contributed by atoms with Crippen LogP contribution < -0.4 is 11.1 Å². The fourth-order valence-corrected chi connectivity index (χ4v) is 4.74. The molecule has 126 valence electrons. The number of fused-ring (bicyclic) bond motifs is 2. The molecular weight excluding hydrogens is 312 g/mol. The van der Waals surface area contributed by atoms with Gasteiger partial charge in [-0.25, -0.2) is 8.42 Å². The van der Waals surface area contributed by atoms with Crippen molar-refractivity contribution in [2.75, 3.05) is 6.26 Å². The summed E-state index contributed by atoms with van der Waals surface area (Å²) in [5.41, 5.74) is 6.62. The van der Waals surface area contributed by atoms with Gasteiger partial charge in [-0.05, 0) is 61.8 Å². The Morgan fingerprint density at radius 1 is 1.13 bits per heavy atom. The molecular formula is C17H24N2O3S. The zero-order chi connectivity index (χ0) is 16.6. The van der Waals surface area contributed by atoms with Gasteiger partial charge in [-0.2, -0.15) is 0 Å². The standard InChI is InChI=1S/C17H24N2O3S/c1-23(21,22)15-7-5-11(6-8-15)17(20)19-16-12-3-2-4-13(16)10-14(18)9-12/h5-8,12-14,16H,2-4,9-10,18H2,1H3,(H,19,20). The van der Waals surface area contributed by atoms with Crippen molar-refractivity contribution < 1.29 is 13.2 Å². The van der Waals surface area contributed by atoms with Crippen molar-refractivity contribution >= 4 is 15.7 Å². The highest BCUT2D eigenvalue weighted by molar-refractivity contribution is 7.90. The molecule has 1 amide bonds. The smallest absolute Gasteiger partial charge is 0.251 e. The van der Waals surface area contributed by atoms with Crippen molar-refractivity contribution in [3.05, 3.63) is 29.8 Å². The molecule has 6 heteroatoms. The summed E-state index contributed by atoms with van der Waals surface area (Å²) >= 11 is 0. The van der Waals surface area contributed by atoms with Crippen LogP contribution in [0.3, 0.4) is 0 Å². The second-order valence-electron chi connectivity index (χ2n) is 6.98. The van der Waals surface area contributed by atoms with Gasteiger partial charge in [0.1, 0.15) is 0 Å². The molecule has 2 aliphatic carbocycles. The first-order valence-electron chi connectivity index (χ1n) is 8.21. The topological polar surface area (TPSA) is 89.3 Å². The van der Waals surface area contributed by atoms with E-state index in [0.29, 0.717) is 17.4 Å². The second kappa shape index (κ2) is 6.24. The van der Waals surface area contributed by atoms with Gasteiger partial charge < -0.3 is 11.1 Å². The van der Waals surface area contributed by atoms with E-state index >= 15 is 0 Å². The van der Waals surface area contributed by atoms with E-state index in [4.69, 9.17) is 5.73 Å². The number of hydrogen-bond acceptors (Lipinski definition) is 4.